The third-order valence-corrected chi connectivity index (χ3v) is 3.81. The molecule has 0 spiro atoms. The molecule has 0 aromatic carbocycles. The van der Waals surface area contributed by atoms with E-state index in [0.717, 1.165) is 36.6 Å². The van der Waals surface area contributed by atoms with Crippen molar-refractivity contribution in [2.45, 2.75) is 18.9 Å². The van der Waals surface area contributed by atoms with Crippen molar-refractivity contribution < 1.29 is 4.74 Å². The molecular weight excluding hydrogens is 240 g/mol. The summed E-state index contributed by atoms with van der Waals surface area (Å²) < 4.78 is 7.44. The van der Waals surface area contributed by atoms with Crippen LogP contribution >= 0.6 is 0 Å². The summed E-state index contributed by atoms with van der Waals surface area (Å²) in [7, 11) is 3.90. The van der Waals surface area contributed by atoms with Gasteiger partial charge in [0.25, 0.3) is 0 Å². The fourth-order valence-corrected chi connectivity index (χ4v) is 2.84. The molecule has 0 amide bonds. The summed E-state index contributed by atoms with van der Waals surface area (Å²) in [5.41, 5.74) is 1.97. The van der Waals surface area contributed by atoms with Gasteiger partial charge in [0.2, 0.25) is 0 Å². The van der Waals surface area contributed by atoms with Gasteiger partial charge in [0.05, 0.1) is 6.61 Å². The zero-order valence-electron chi connectivity index (χ0n) is 11.5. The first-order valence-corrected chi connectivity index (χ1v) is 6.78. The Morgan fingerprint density at radius 1 is 1.47 bits per heavy atom. The van der Waals surface area contributed by atoms with Crippen LogP contribution in [-0.2, 0) is 11.3 Å². The molecule has 3 rings (SSSR count). The Morgan fingerprint density at radius 3 is 3.11 bits per heavy atom. The third kappa shape index (κ3) is 2.35. The van der Waals surface area contributed by atoms with Gasteiger partial charge in [0.15, 0.2) is 5.65 Å². The first-order chi connectivity index (χ1) is 9.29. The van der Waals surface area contributed by atoms with Gasteiger partial charge in [0, 0.05) is 32.3 Å². The zero-order chi connectivity index (χ0) is 13.2. The van der Waals surface area contributed by atoms with E-state index in [2.05, 4.69) is 21.5 Å². The number of rotatable bonds is 4. The van der Waals surface area contributed by atoms with Crippen molar-refractivity contribution in [3.05, 3.63) is 24.2 Å². The van der Waals surface area contributed by atoms with Gasteiger partial charge in [-0.15, -0.1) is 0 Å². The summed E-state index contributed by atoms with van der Waals surface area (Å²) in [4.78, 5) is 11.6. The van der Waals surface area contributed by atoms with E-state index in [-0.39, 0.29) is 0 Å². The molecule has 5 heteroatoms. The van der Waals surface area contributed by atoms with E-state index in [4.69, 9.17) is 9.72 Å². The van der Waals surface area contributed by atoms with E-state index in [0.29, 0.717) is 12.5 Å². The number of imidazole rings is 1. The molecule has 102 valence electrons. The molecule has 0 N–H and O–H groups in total. The van der Waals surface area contributed by atoms with Gasteiger partial charge in [-0.3, -0.25) is 0 Å². The lowest BCUT2D eigenvalue weighted by molar-refractivity contribution is 0.187. The number of nitrogens with zero attached hydrogens (tertiary/aromatic N) is 4. The van der Waals surface area contributed by atoms with Crippen molar-refractivity contribution in [2.75, 3.05) is 33.9 Å². The van der Waals surface area contributed by atoms with Crippen LogP contribution in [0.4, 0.5) is 0 Å². The molecule has 1 unspecified atom stereocenters. The number of aromatic nitrogens is 3. The minimum absolute atomic E-state index is 0.510. The second-order valence-corrected chi connectivity index (χ2v) is 5.21. The maximum atomic E-state index is 5.22. The van der Waals surface area contributed by atoms with Crippen molar-refractivity contribution in [3.63, 3.8) is 0 Å². The van der Waals surface area contributed by atoms with Crippen molar-refractivity contribution in [1.29, 1.82) is 0 Å². The summed E-state index contributed by atoms with van der Waals surface area (Å²) in [6.07, 6.45) is 3.00. The fourth-order valence-electron chi connectivity index (χ4n) is 2.84. The number of methoxy groups -OCH3 is 1. The molecule has 0 saturated carbocycles. The second kappa shape index (κ2) is 5.27. The Kier molecular flexibility index (Phi) is 3.48. The Bertz CT molecular complexity index is 566. The number of ether oxygens (including phenoxy) is 1. The lowest BCUT2D eigenvalue weighted by atomic mass is 10.1. The van der Waals surface area contributed by atoms with Gasteiger partial charge in [-0.25, -0.2) is 9.97 Å². The summed E-state index contributed by atoms with van der Waals surface area (Å²) >= 11 is 0. The first kappa shape index (κ1) is 12.6. The van der Waals surface area contributed by atoms with Crippen molar-refractivity contribution >= 4 is 11.2 Å². The third-order valence-electron chi connectivity index (χ3n) is 3.81. The largest absolute Gasteiger partial charge is 0.383 e. The van der Waals surface area contributed by atoms with Crippen LogP contribution in [0.3, 0.4) is 0 Å². The number of likely N-dealkylation sites (N-methyl/N-ethyl adjacent to an activating group) is 1. The quantitative estimate of drug-likeness (QED) is 0.835. The Hall–Kier alpha value is -1.46. The van der Waals surface area contributed by atoms with Crippen LogP contribution in [0.25, 0.3) is 11.2 Å². The van der Waals surface area contributed by atoms with Crippen LogP contribution in [0.2, 0.25) is 0 Å². The summed E-state index contributed by atoms with van der Waals surface area (Å²) in [5, 5.41) is 0. The second-order valence-electron chi connectivity index (χ2n) is 5.21. The fraction of sp³-hybridized carbons (Fsp3) is 0.571. The lowest BCUT2D eigenvalue weighted by Crippen LogP contribution is -2.16. The Labute approximate surface area is 113 Å². The molecule has 2 aromatic heterocycles. The summed E-state index contributed by atoms with van der Waals surface area (Å²) in [6.45, 7) is 3.74. The number of hydrogen-bond acceptors (Lipinski definition) is 4. The number of pyridine rings is 1. The molecule has 5 nitrogen and oxygen atoms in total. The Morgan fingerprint density at radius 2 is 2.37 bits per heavy atom. The van der Waals surface area contributed by atoms with Crippen LogP contribution < -0.4 is 0 Å². The van der Waals surface area contributed by atoms with E-state index >= 15 is 0 Å². The molecule has 1 aliphatic heterocycles. The van der Waals surface area contributed by atoms with Crippen molar-refractivity contribution in [1.82, 2.24) is 19.4 Å². The van der Waals surface area contributed by atoms with Gasteiger partial charge in [-0.1, -0.05) is 0 Å². The molecule has 1 atom stereocenters. The van der Waals surface area contributed by atoms with Crippen LogP contribution in [0.15, 0.2) is 18.3 Å². The van der Waals surface area contributed by atoms with Crippen LogP contribution in [0.5, 0.6) is 0 Å². The predicted octanol–water partition coefficient (Wildman–Crippen LogP) is 1.50. The number of likely N-dealkylation sites (tertiary alicyclic amines) is 1. The number of hydrogen-bond donors (Lipinski definition) is 0. The molecule has 1 fully saturated rings. The smallest absolute Gasteiger partial charge is 0.160 e. The SMILES string of the molecule is COCCn1c(C2CCN(C)C2)nc2cccnc21. The molecule has 0 radical (unpaired) electrons. The highest BCUT2D eigenvalue weighted by molar-refractivity contribution is 5.71. The monoisotopic (exact) mass is 260 g/mol. The normalized spacial score (nSPS) is 20.4. The standard InChI is InChI=1S/C14H20N4O/c1-17-7-5-11(10-17)13-16-12-4-3-6-15-14(12)18(13)8-9-19-2/h3-4,6,11H,5,7-10H2,1-2H3. The summed E-state index contributed by atoms with van der Waals surface area (Å²) in [6, 6.07) is 3.98. The highest BCUT2D eigenvalue weighted by Gasteiger charge is 2.26. The first-order valence-electron chi connectivity index (χ1n) is 6.78. The van der Waals surface area contributed by atoms with E-state index in [9.17, 15) is 0 Å². The number of fused-ring (bicyclic) bond motifs is 1. The van der Waals surface area contributed by atoms with E-state index in [1.807, 2.05) is 18.3 Å². The van der Waals surface area contributed by atoms with Gasteiger partial charge in [-0.05, 0) is 32.1 Å². The maximum Gasteiger partial charge on any atom is 0.160 e. The van der Waals surface area contributed by atoms with Crippen molar-refractivity contribution in [3.8, 4) is 0 Å². The topological polar surface area (TPSA) is 43.2 Å². The molecule has 1 aliphatic rings. The highest BCUT2D eigenvalue weighted by Crippen LogP contribution is 2.28. The highest BCUT2D eigenvalue weighted by atomic mass is 16.5. The lowest BCUT2D eigenvalue weighted by Gasteiger charge is -2.13. The van der Waals surface area contributed by atoms with Gasteiger partial charge < -0.3 is 14.2 Å². The van der Waals surface area contributed by atoms with Gasteiger partial charge in [0.1, 0.15) is 11.3 Å². The van der Waals surface area contributed by atoms with Crippen LogP contribution in [0.1, 0.15) is 18.2 Å². The van der Waals surface area contributed by atoms with E-state index in [1.54, 1.807) is 7.11 Å². The Balaban J connectivity index is 2.01. The van der Waals surface area contributed by atoms with E-state index in [1.165, 1.54) is 6.42 Å². The molecule has 19 heavy (non-hydrogen) atoms. The van der Waals surface area contributed by atoms with E-state index < -0.39 is 0 Å². The maximum absolute atomic E-state index is 5.22. The van der Waals surface area contributed by atoms with Crippen LogP contribution in [0, 0.1) is 0 Å². The van der Waals surface area contributed by atoms with Gasteiger partial charge >= 0.3 is 0 Å². The van der Waals surface area contributed by atoms with Crippen molar-refractivity contribution in [2.24, 2.45) is 0 Å². The molecular formula is C14H20N4O. The van der Waals surface area contributed by atoms with Gasteiger partial charge in [-0.2, -0.15) is 0 Å². The minimum atomic E-state index is 0.510. The molecule has 2 aromatic rings. The minimum Gasteiger partial charge on any atom is -0.383 e. The molecule has 3 heterocycles. The van der Waals surface area contributed by atoms with Crippen LogP contribution in [-0.4, -0.2) is 53.3 Å². The zero-order valence-corrected chi connectivity index (χ0v) is 11.5. The molecule has 0 bridgehead atoms. The predicted molar refractivity (Wildman–Crippen MR) is 74.3 cm³/mol. The average molecular weight is 260 g/mol. The average Bonchev–Trinajstić information content (AvgIpc) is 3.00. The summed E-state index contributed by atoms with van der Waals surface area (Å²) in [5.74, 6) is 1.67. The molecule has 1 saturated heterocycles. The molecule has 0 aliphatic carbocycles.